The number of methoxy groups -OCH3 is 1. The average molecular weight is 372 g/mol. The Morgan fingerprint density at radius 1 is 1.35 bits per heavy atom. The van der Waals surface area contributed by atoms with Gasteiger partial charge in [-0.25, -0.2) is 14.5 Å². The highest BCUT2D eigenvalue weighted by Crippen LogP contribution is 2.34. The first-order chi connectivity index (χ1) is 12.4. The largest absolute Gasteiger partial charge is 0.480 e. The van der Waals surface area contributed by atoms with Gasteiger partial charge in [-0.3, -0.25) is 0 Å². The molecule has 3 aromatic rings. The van der Waals surface area contributed by atoms with Gasteiger partial charge >= 0.3 is 0 Å². The van der Waals surface area contributed by atoms with Gasteiger partial charge in [-0.1, -0.05) is 25.2 Å². The molecule has 7 nitrogen and oxygen atoms in total. The highest BCUT2D eigenvalue weighted by atomic mass is 32.1. The number of rotatable bonds is 4. The van der Waals surface area contributed by atoms with E-state index in [9.17, 15) is 0 Å². The van der Waals surface area contributed by atoms with Crippen molar-refractivity contribution < 1.29 is 4.74 Å². The Morgan fingerprint density at radius 2 is 2.15 bits per heavy atom. The van der Waals surface area contributed by atoms with Crippen LogP contribution in [0.4, 0.5) is 5.13 Å². The van der Waals surface area contributed by atoms with Crippen molar-refractivity contribution in [3.8, 4) is 17.1 Å². The first kappa shape index (κ1) is 17.2. The van der Waals surface area contributed by atoms with Gasteiger partial charge in [0, 0.05) is 24.3 Å². The van der Waals surface area contributed by atoms with E-state index in [1.54, 1.807) is 18.4 Å². The Hall–Kier alpha value is -2.19. The van der Waals surface area contributed by atoms with E-state index in [0.717, 1.165) is 46.6 Å². The molecule has 26 heavy (non-hydrogen) atoms. The second-order valence-electron chi connectivity index (χ2n) is 7.50. The van der Waals surface area contributed by atoms with E-state index in [4.69, 9.17) is 15.6 Å². The second-order valence-corrected chi connectivity index (χ2v) is 8.43. The number of hydrogen-bond donors (Lipinski definition) is 1. The Kier molecular flexibility index (Phi) is 4.11. The summed E-state index contributed by atoms with van der Waals surface area (Å²) >= 11 is 1.58. The summed E-state index contributed by atoms with van der Waals surface area (Å²) in [6, 6.07) is 4.08. The van der Waals surface area contributed by atoms with E-state index in [1.165, 1.54) is 0 Å². The molecule has 1 aliphatic rings. The van der Waals surface area contributed by atoms with Crippen LogP contribution in [0.5, 0.6) is 5.88 Å². The Bertz CT molecular complexity index is 944. The number of anilines is 1. The number of imidazole rings is 1. The number of hydrogen-bond acceptors (Lipinski definition) is 7. The molecule has 0 bridgehead atoms. The molecule has 0 amide bonds. The molecule has 0 aliphatic carbocycles. The fraction of sp³-hybridized carbons (Fsp3) is 0.500. The lowest BCUT2D eigenvalue weighted by molar-refractivity contribution is 0.397. The van der Waals surface area contributed by atoms with Crippen LogP contribution in [0.25, 0.3) is 16.2 Å². The second kappa shape index (κ2) is 6.21. The maximum absolute atomic E-state index is 6.26. The van der Waals surface area contributed by atoms with Gasteiger partial charge in [0.05, 0.1) is 24.6 Å². The Labute approximate surface area is 156 Å². The lowest BCUT2D eigenvalue weighted by atomic mass is 10.0. The standard InChI is InChI=1S/C18H24N6OS/c1-11(2)13-6-5-12(15(21-13)25-4)14-9-20-16-24(14)22-17(26-16)23-8-7-18(3,19)10-23/h5-6,9,11H,7-8,10,19H2,1-4H3. The van der Waals surface area contributed by atoms with Crippen LogP contribution in [0.2, 0.25) is 0 Å². The molecule has 0 aromatic carbocycles. The van der Waals surface area contributed by atoms with Crippen molar-refractivity contribution in [2.45, 2.75) is 38.6 Å². The van der Waals surface area contributed by atoms with Gasteiger partial charge in [0.15, 0.2) is 0 Å². The molecular weight excluding hydrogens is 348 g/mol. The molecule has 1 unspecified atom stereocenters. The molecule has 0 saturated carbocycles. The van der Waals surface area contributed by atoms with Crippen molar-refractivity contribution >= 4 is 21.4 Å². The summed E-state index contributed by atoms with van der Waals surface area (Å²) in [5.74, 6) is 0.943. The van der Waals surface area contributed by atoms with Gasteiger partial charge in [0.25, 0.3) is 0 Å². The van der Waals surface area contributed by atoms with E-state index >= 15 is 0 Å². The molecular formula is C18H24N6OS. The van der Waals surface area contributed by atoms with Crippen LogP contribution in [-0.4, -0.2) is 45.3 Å². The zero-order chi connectivity index (χ0) is 18.5. The minimum absolute atomic E-state index is 0.156. The normalized spacial score (nSPS) is 20.5. The first-order valence-electron chi connectivity index (χ1n) is 8.82. The summed E-state index contributed by atoms with van der Waals surface area (Å²) in [5, 5.41) is 5.74. The number of nitrogens with two attached hydrogens (primary N) is 1. The lowest BCUT2D eigenvalue weighted by Crippen LogP contribution is -2.39. The molecule has 1 fully saturated rings. The highest BCUT2D eigenvalue weighted by molar-refractivity contribution is 7.20. The summed E-state index contributed by atoms with van der Waals surface area (Å²) in [4.78, 5) is 12.3. The Morgan fingerprint density at radius 3 is 2.81 bits per heavy atom. The van der Waals surface area contributed by atoms with Crippen molar-refractivity contribution in [3.63, 3.8) is 0 Å². The van der Waals surface area contributed by atoms with E-state index in [1.807, 2.05) is 22.8 Å². The van der Waals surface area contributed by atoms with Crippen LogP contribution < -0.4 is 15.4 Å². The number of pyridine rings is 1. The fourth-order valence-electron chi connectivity index (χ4n) is 3.27. The van der Waals surface area contributed by atoms with E-state index < -0.39 is 0 Å². The van der Waals surface area contributed by atoms with E-state index in [-0.39, 0.29) is 5.54 Å². The van der Waals surface area contributed by atoms with Gasteiger partial charge in [-0.2, -0.15) is 0 Å². The zero-order valence-electron chi connectivity index (χ0n) is 15.6. The van der Waals surface area contributed by atoms with Crippen LogP contribution in [0.3, 0.4) is 0 Å². The number of fused-ring (bicyclic) bond motifs is 1. The monoisotopic (exact) mass is 372 g/mol. The van der Waals surface area contributed by atoms with Gasteiger partial charge in [0.1, 0.15) is 0 Å². The summed E-state index contributed by atoms with van der Waals surface area (Å²) in [5.41, 5.74) is 8.89. The van der Waals surface area contributed by atoms with E-state index in [0.29, 0.717) is 11.8 Å². The third-order valence-electron chi connectivity index (χ3n) is 4.79. The molecule has 4 rings (SSSR count). The van der Waals surface area contributed by atoms with Crippen molar-refractivity contribution in [3.05, 3.63) is 24.0 Å². The van der Waals surface area contributed by atoms with Crippen LogP contribution >= 0.6 is 11.3 Å². The SMILES string of the molecule is COc1nc(C(C)C)ccc1-c1cnc2sc(N3CCC(C)(N)C3)nn12. The number of ether oxygens (including phenoxy) is 1. The van der Waals surface area contributed by atoms with Gasteiger partial charge in [-0.05, 0) is 31.4 Å². The maximum Gasteiger partial charge on any atom is 0.222 e. The van der Waals surface area contributed by atoms with Gasteiger partial charge in [0.2, 0.25) is 16.0 Å². The highest BCUT2D eigenvalue weighted by Gasteiger charge is 2.32. The summed E-state index contributed by atoms with van der Waals surface area (Å²) in [7, 11) is 1.65. The van der Waals surface area contributed by atoms with Crippen molar-refractivity contribution in [1.29, 1.82) is 0 Å². The molecule has 4 heterocycles. The molecule has 3 aromatic heterocycles. The first-order valence-corrected chi connectivity index (χ1v) is 9.63. The topological polar surface area (TPSA) is 81.6 Å². The third-order valence-corrected chi connectivity index (χ3v) is 5.78. The molecule has 1 atom stereocenters. The quantitative estimate of drug-likeness (QED) is 0.758. The fourth-order valence-corrected chi connectivity index (χ4v) is 4.17. The van der Waals surface area contributed by atoms with Gasteiger partial charge < -0.3 is 15.4 Å². The smallest absolute Gasteiger partial charge is 0.222 e. The van der Waals surface area contributed by atoms with E-state index in [2.05, 4.69) is 35.6 Å². The van der Waals surface area contributed by atoms with Crippen LogP contribution in [0, 0.1) is 0 Å². The molecule has 2 N–H and O–H groups in total. The minimum atomic E-state index is -0.156. The minimum Gasteiger partial charge on any atom is -0.480 e. The molecule has 1 saturated heterocycles. The average Bonchev–Trinajstić information content (AvgIpc) is 3.27. The predicted molar refractivity (Wildman–Crippen MR) is 104 cm³/mol. The maximum atomic E-state index is 6.26. The molecule has 8 heteroatoms. The summed E-state index contributed by atoms with van der Waals surface area (Å²) < 4.78 is 7.41. The molecule has 138 valence electrons. The van der Waals surface area contributed by atoms with Crippen molar-refractivity contribution in [1.82, 2.24) is 19.6 Å². The lowest BCUT2D eigenvalue weighted by Gasteiger charge is -2.18. The van der Waals surface area contributed by atoms with Crippen LogP contribution in [0.1, 0.15) is 38.8 Å². The predicted octanol–water partition coefficient (Wildman–Crippen LogP) is 2.91. The zero-order valence-corrected chi connectivity index (χ0v) is 16.4. The molecule has 0 radical (unpaired) electrons. The van der Waals surface area contributed by atoms with Crippen LogP contribution in [-0.2, 0) is 0 Å². The third kappa shape index (κ3) is 2.93. The van der Waals surface area contributed by atoms with Crippen molar-refractivity contribution in [2.24, 2.45) is 5.73 Å². The van der Waals surface area contributed by atoms with Gasteiger partial charge in [-0.15, -0.1) is 5.10 Å². The summed E-state index contributed by atoms with van der Waals surface area (Å²) in [6.45, 7) is 8.06. The van der Waals surface area contributed by atoms with Crippen molar-refractivity contribution in [2.75, 3.05) is 25.1 Å². The number of nitrogens with zero attached hydrogens (tertiary/aromatic N) is 5. The van der Waals surface area contributed by atoms with Crippen LogP contribution in [0.15, 0.2) is 18.3 Å². The summed E-state index contributed by atoms with van der Waals surface area (Å²) in [6.07, 6.45) is 2.80. The number of aromatic nitrogens is 4. The molecule has 0 spiro atoms. The molecule has 1 aliphatic heterocycles. The Balaban J connectivity index is 1.74.